The van der Waals surface area contributed by atoms with Gasteiger partial charge in [0.25, 0.3) is 5.91 Å². The molecule has 0 atom stereocenters. The summed E-state index contributed by atoms with van der Waals surface area (Å²) in [5.74, 6) is 0.755. The molecular weight excluding hydrogens is 392 g/mol. The number of ether oxygens (including phenoxy) is 1. The summed E-state index contributed by atoms with van der Waals surface area (Å²) in [5, 5.41) is 3.44. The number of nitrogens with zero attached hydrogens (tertiary/aromatic N) is 1. The zero-order valence-corrected chi connectivity index (χ0v) is 18.6. The molecule has 1 heterocycles. The van der Waals surface area contributed by atoms with Crippen LogP contribution in [0.4, 0.5) is 5.69 Å². The highest BCUT2D eigenvalue weighted by Gasteiger charge is 2.23. The molecule has 5 heteroatoms. The topological polar surface area (TPSA) is 50.7 Å². The van der Waals surface area contributed by atoms with Crippen molar-refractivity contribution in [3.8, 4) is 5.75 Å². The van der Waals surface area contributed by atoms with E-state index < -0.39 is 0 Å². The molecule has 1 aliphatic rings. The predicted octanol–water partition coefficient (Wildman–Crippen LogP) is 6.63. The summed E-state index contributed by atoms with van der Waals surface area (Å²) in [4.78, 5) is 17.4. The van der Waals surface area contributed by atoms with Crippen molar-refractivity contribution in [2.45, 2.75) is 52.4 Å². The lowest BCUT2D eigenvalue weighted by Crippen LogP contribution is -2.19. The van der Waals surface area contributed by atoms with Gasteiger partial charge in [0, 0.05) is 0 Å². The van der Waals surface area contributed by atoms with Gasteiger partial charge in [-0.2, -0.15) is 0 Å². The lowest BCUT2D eigenvalue weighted by atomic mass is 10.1. The zero-order chi connectivity index (χ0) is 21.2. The quantitative estimate of drug-likeness (QED) is 0.345. The van der Waals surface area contributed by atoms with E-state index in [1.54, 1.807) is 0 Å². The molecule has 0 aliphatic carbocycles. The molecule has 1 saturated heterocycles. The maximum atomic E-state index is 12.3. The second-order valence-electron chi connectivity index (χ2n) is 7.51. The molecule has 3 rings (SSSR count). The van der Waals surface area contributed by atoms with Crippen LogP contribution < -0.4 is 10.1 Å². The van der Waals surface area contributed by atoms with Gasteiger partial charge in [0.05, 0.1) is 17.2 Å². The van der Waals surface area contributed by atoms with Gasteiger partial charge in [-0.1, -0.05) is 63.3 Å². The van der Waals surface area contributed by atoms with E-state index in [9.17, 15) is 4.79 Å². The first-order valence-electron chi connectivity index (χ1n) is 10.7. The second-order valence-corrected chi connectivity index (χ2v) is 8.54. The Balaban J connectivity index is 1.51. The Kier molecular flexibility index (Phi) is 8.57. The fourth-order valence-electron chi connectivity index (χ4n) is 3.18. The molecule has 0 saturated carbocycles. The van der Waals surface area contributed by atoms with E-state index >= 15 is 0 Å². The number of hydrogen-bond acceptors (Lipinski definition) is 4. The van der Waals surface area contributed by atoms with Crippen LogP contribution >= 0.6 is 11.8 Å². The van der Waals surface area contributed by atoms with Crippen molar-refractivity contribution in [2.24, 2.45) is 4.99 Å². The maximum Gasteiger partial charge on any atom is 0.264 e. The van der Waals surface area contributed by atoms with Crippen LogP contribution in [0.2, 0.25) is 0 Å². The lowest BCUT2D eigenvalue weighted by molar-refractivity contribution is -0.115. The van der Waals surface area contributed by atoms with Crippen molar-refractivity contribution in [2.75, 3.05) is 6.61 Å². The van der Waals surface area contributed by atoms with Crippen LogP contribution in [0.3, 0.4) is 0 Å². The molecule has 1 N–H and O–H groups in total. The molecule has 1 amide bonds. The molecule has 0 bridgehead atoms. The van der Waals surface area contributed by atoms with Crippen LogP contribution in [0.5, 0.6) is 5.75 Å². The smallest absolute Gasteiger partial charge is 0.264 e. The molecule has 0 spiro atoms. The summed E-state index contributed by atoms with van der Waals surface area (Å²) >= 11 is 1.36. The van der Waals surface area contributed by atoms with E-state index in [0.717, 1.165) is 35.6 Å². The molecule has 2 aromatic carbocycles. The number of rotatable bonds is 10. The minimum absolute atomic E-state index is 0.116. The zero-order valence-electron chi connectivity index (χ0n) is 17.8. The molecule has 2 aromatic rings. The van der Waals surface area contributed by atoms with Gasteiger partial charge in [-0.05, 0) is 66.6 Å². The third kappa shape index (κ3) is 7.06. The maximum absolute atomic E-state index is 12.3. The van der Waals surface area contributed by atoms with Gasteiger partial charge in [-0.15, -0.1) is 0 Å². The Morgan fingerprint density at radius 1 is 1.03 bits per heavy atom. The molecule has 1 aliphatic heterocycles. The Hall–Kier alpha value is -2.53. The summed E-state index contributed by atoms with van der Waals surface area (Å²) < 4.78 is 5.83. The number of nitrogens with one attached hydrogen (secondary N) is 1. The average Bonchev–Trinajstić information content (AvgIpc) is 3.07. The van der Waals surface area contributed by atoms with E-state index in [1.807, 2.05) is 61.5 Å². The predicted molar refractivity (Wildman–Crippen MR) is 127 cm³/mol. The summed E-state index contributed by atoms with van der Waals surface area (Å²) in [6, 6.07) is 15.8. The van der Waals surface area contributed by atoms with E-state index in [4.69, 9.17) is 4.74 Å². The fourth-order valence-corrected chi connectivity index (χ4v) is 4.02. The Morgan fingerprint density at radius 2 is 1.80 bits per heavy atom. The summed E-state index contributed by atoms with van der Waals surface area (Å²) in [6.07, 6.45) is 9.42. The average molecular weight is 423 g/mol. The van der Waals surface area contributed by atoms with E-state index in [0.29, 0.717) is 10.1 Å². The normalized spacial score (nSPS) is 16.3. The molecule has 0 unspecified atom stereocenters. The van der Waals surface area contributed by atoms with Crippen molar-refractivity contribution in [3.05, 3.63) is 64.6 Å². The van der Waals surface area contributed by atoms with Crippen LogP contribution in [-0.2, 0) is 4.79 Å². The van der Waals surface area contributed by atoms with E-state index in [2.05, 4.69) is 17.2 Å². The standard InChI is InChI=1S/C25H30N2O2S/c1-3-4-5-6-7-8-16-29-22-14-12-20(13-15-22)18-23-24(28)27-25(30-23)26-21-11-9-10-19(2)17-21/h9-15,17-18H,3-8,16H2,1-2H3,(H,26,27,28). The van der Waals surface area contributed by atoms with Crippen LogP contribution in [0, 0.1) is 6.92 Å². The first-order chi connectivity index (χ1) is 14.6. The number of benzene rings is 2. The minimum atomic E-state index is -0.116. The monoisotopic (exact) mass is 422 g/mol. The van der Waals surface area contributed by atoms with Crippen molar-refractivity contribution < 1.29 is 9.53 Å². The number of amides is 1. The number of aliphatic imine (C=N–C) groups is 1. The number of amidine groups is 1. The summed E-state index contributed by atoms with van der Waals surface area (Å²) in [6.45, 7) is 5.01. The highest BCUT2D eigenvalue weighted by molar-refractivity contribution is 8.18. The largest absolute Gasteiger partial charge is 0.494 e. The number of aryl methyl sites for hydroxylation is 1. The van der Waals surface area contributed by atoms with Gasteiger partial charge in [0.1, 0.15) is 5.75 Å². The van der Waals surface area contributed by atoms with Crippen molar-refractivity contribution in [1.82, 2.24) is 5.32 Å². The number of carbonyl (C=O) groups is 1. The first-order valence-corrected chi connectivity index (χ1v) is 11.5. The Morgan fingerprint density at radius 3 is 2.57 bits per heavy atom. The fraction of sp³-hybridized carbons (Fsp3) is 0.360. The lowest BCUT2D eigenvalue weighted by Gasteiger charge is -2.06. The third-order valence-corrected chi connectivity index (χ3v) is 5.74. The van der Waals surface area contributed by atoms with Gasteiger partial charge in [-0.25, -0.2) is 4.99 Å². The minimum Gasteiger partial charge on any atom is -0.494 e. The van der Waals surface area contributed by atoms with Gasteiger partial charge in [-0.3, -0.25) is 4.79 Å². The number of hydrogen-bond donors (Lipinski definition) is 1. The van der Waals surface area contributed by atoms with Crippen LogP contribution in [0.15, 0.2) is 58.4 Å². The molecule has 0 aromatic heterocycles. The molecule has 0 radical (unpaired) electrons. The van der Waals surface area contributed by atoms with Crippen LogP contribution in [0.25, 0.3) is 6.08 Å². The second kappa shape index (κ2) is 11.6. The first kappa shape index (κ1) is 22.2. The molecular formula is C25H30N2O2S. The number of thioether (sulfide) groups is 1. The van der Waals surface area contributed by atoms with Gasteiger partial charge in [0.15, 0.2) is 5.17 Å². The molecule has 158 valence electrons. The molecule has 4 nitrogen and oxygen atoms in total. The Labute approximate surface area is 183 Å². The number of unbranched alkanes of at least 4 members (excludes halogenated alkanes) is 5. The molecule has 1 fully saturated rings. The highest BCUT2D eigenvalue weighted by atomic mass is 32.2. The SMILES string of the molecule is CCCCCCCCOc1ccc(C=C2SC(=Nc3cccc(C)c3)NC2=O)cc1. The van der Waals surface area contributed by atoms with Gasteiger partial charge in [0.2, 0.25) is 0 Å². The van der Waals surface area contributed by atoms with Crippen molar-refractivity contribution in [1.29, 1.82) is 0 Å². The van der Waals surface area contributed by atoms with Gasteiger partial charge >= 0.3 is 0 Å². The molecule has 30 heavy (non-hydrogen) atoms. The number of carbonyl (C=O) groups excluding carboxylic acids is 1. The third-order valence-electron chi connectivity index (χ3n) is 4.83. The van der Waals surface area contributed by atoms with Crippen molar-refractivity contribution >= 4 is 34.6 Å². The van der Waals surface area contributed by atoms with E-state index in [1.165, 1.54) is 43.9 Å². The van der Waals surface area contributed by atoms with E-state index in [-0.39, 0.29) is 5.91 Å². The summed E-state index contributed by atoms with van der Waals surface area (Å²) in [5.41, 5.74) is 2.95. The van der Waals surface area contributed by atoms with Gasteiger partial charge < -0.3 is 10.1 Å². The Bertz CT molecular complexity index is 904. The van der Waals surface area contributed by atoms with Crippen LogP contribution in [0.1, 0.15) is 56.6 Å². The van der Waals surface area contributed by atoms with Crippen molar-refractivity contribution in [3.63, 3.8) is 0 Å². The summed E-state index contributed by atoms with van der Waals surface area (Å²) in [7, 11) is 0. The van der Waals surface area contributed by atoms with Crippen LogP contribution in [-0.4, -0.2) is 17.7 Å². The highest BCUT2D eigenvalue weighted by Crippen LogP contribution is 2.28.